The normalized spacial score (nSPS) is 10.4. The van der Waals surface area contributed by atoms with E-state index in [2.05, 4.69) is 27.5 Å². The monoisotopic (exact) mass is 310 g/mol. The maximum Gasteiger partial charge on any atom is 0.139 e. The molecule has 1 aromatic heterocycles. The van der Waals surface area contributed by atoms with Crippen molar-refractivity contribution >= 4 is 40.5 Å². The molecule has 0 saturated carbocycles. The van der Waals surface area contributed by atoms with Crippen LogP contribution in [-0.4, -0.2) is 17.0 Å². The van der Waals surface area contributed by atoms with E-state index >= 15 is 0 Å². The number of hydrogen-bond acceptors (Lipinski definition) is 4. The zero-order chi connectivity index (χ0) is 14.5. The van der Waals surface area contributed by atoms with Gasteiger partial charge in [0.2, 0.25) is 0 Å². The highest BCUT2D eigenvalue weighted by Crippen LogP contribution is 2.33. The molecule has 106 valence electrons. The van der Waals surface area contributed by atoms with Crippen molar-refractivity contribution in [1.29, 1.82) is 0 Å². The molecular weight excluding hydrogens is 295 g/mol. The topological polar surface area (TPSA) is 49.8 Å². The number of halogens is 2. The summed E-state index contributed by atoms with van der Waals surface area (Å²) in [4.78, 5) is 8.54. The lowest BCUT2D eigenvalue weighted by molar-refractivity contribution is 0.905. The van der Waals surface area contributed by atoms with Crippen LogP contribution in [0.5, 0.6) is 0 Å². The van der Waals surface area contributed by atoms with Crippen molar-refractivity contribution < 1.29 is 0 Å². The molecule has 1 heterocycles. The van der Waals surface area contributed by atoms with Crippen molar-refractivity contribution in [3.63, 3.8) is 0 Å². The Morgan fingerprint density at radius 1 is 1.15 bits per heavy atom. The van der Waals surface area contributed by atoms with Gasteiger partial charge in [0.05, 0.1) is 15.7 Å². The highest BCUT2D eigenvalue weighted by molar-refractivity contribution is 6.43. The van der Waals surface area contributed by atoms with Gasteiger partial charge in [0.25, 0.3) is 0 Å². The Morgan fingerprint density at radius 3 is 2.60 bits per heavy atom. The van der Waals surface area contributed by atoms with Gasteiger partial charge in [-0.15, -0.1) is 0 Å². The molecule has 6 heteroatoms. The van der Waals surface area contributed by atoms with E-state index in [4.69, 9.17) is 23.2 Å². The molecule has 0 aliphatic rings. The number of benzene rings is 1. The fourth-order valence-electron chi connectivity index (χ4n) is 1.95. The van der Waals surface area contributed by atoms with Gasteiger partial charge < -0.3 is 10.6 Å². The van der Waals surface area contributed by atoms with Gasteiger partial charge in [0.1, 0.15) is 18.0 Å². The third-order valence-electron chi connectivity index (χ3n) is 2.89. The molecule has 0 radical (unpaired) electrons. The molecule has 4 nitrogen and oxygen atoms in total. The minimum Gasteiger partial charge on any atom is -0.373 e. The molecular formula is C14H16Cl2N4. The van der Waals surface area contributed by atoms with Gasteiger partial charge >= 0.3 is 0 Å². The minimum atomic E-state index is 0.487. The van der Waals surface area contributed by atoms with Gasteiger partial charge in [-0.3, -0.25) is 0 Å². The van der Waals surface area contributed by atoms with Gasteiger partial charge in [-0.05, 0) is 18.6 Å². The largest absolute Gasteiger partial charge is 0.373 e. The van der Waals surface area contributed by atoms with Crippen LogP contribution < -0.4 is 10.6 Å². The maximum atomic E-state index is 6.19. The summed E-state index contributed by atoms with van der Waals surface area (Å²) in [7, 11) is 1.84. The first-order chi connectivity index (χ1) is 9.67. The van der Waals surface area contributed by atoms with Crippen LogP contribution in [-0.2, 0) is 6.42 Å². The van der Waals surface area contributed by atoms with Crippen molar-refractivity contribution in [2.75, 3.05) is 17.7 Å². The van der Waals surface area contributed by atoms with Gasteiger partial charge in [0, 0.05) is 12.6 Å². The van der Waals surface area contributed by atoms with Crippen LogP contribution in [0.4, 0.5) is 17.3 Å². The Bertz CT molecular complexity index is 602. The molecule has 2 aromatic rings. The smallest absolute Gasteiger partial charge is 0.139 e. The molecule has 0 spiro atoms. The van der Waals surface area contributed by atoms with Crippen molar-refractivity contribution in [1.82, 2.24) is 9.97 Å². The SMILES string of the molecule is CCCc1c(NC)ncnc1Nc1cccc(Cl)c1Cl. The average molecular weight is 311 g/mol. The fraction of sp³-hybridized carbons (Fsp3) is 0.286. The molecule has 0 saturated heterocycles. The second-order valence-electron chi connectivity index (χ2n) is 4.28. The van der Waals surface area contributed by atoms with Crippen LogP contribution in [0, 0.1) is 0 Å². The molecule has 0 aliphatic carbocycles. The molecule has 0 fully saturated rings. The molecule has 1 aromatic carbocycles. The lowest BCUT2D eigenvalue weighted by Crippen LogP contribution is -2.05. The molecule has 2 N–H and O–H groups in total. The van der Waals surface area contributed by atoms with Crippen LogP contribution in [0.25, 0.3) is 0 Å². The number of aromatic nitrogens is 2. The number of hydrogen-bond donors (Lipinski definition) is 2. The Labute approximate surface area is 128 Å². The van der Waals surface area contributed by atoms with E-state index in [-0.39, 0.29) is 0 Å². The van der Waals surface area contributed by atoms with Gasteiger partial charge in [-0.25, -0.2) is 9.97 Å². The molecule has 0 bridgehead atoms. The molecule has 0 unspecified atom stereocenters. The second kappa shape index (κ2) is 6.77. The van der Waals surface area contributed by atoms with Gasteiger partial charge in [-0.1, -0.05) is 42.6 Å². The predicted molar refractivity (Wildman–Crippen MR) is 85.3 cm³/mol. The fourth-order valence-corrected chi connectivity index (χ4v) is 2.30. The first-order valence-electron chi connectivity index (χ1n) is 6.40. The summed E-state index contributed by atoms with van der Waals surface area (Å²) in [6.45, 7) is 2.11. The predicted octanol–water partition coefficient (Wildman–Crippen LogP) is 4.52. The van der Waals surface area contributed by atoms with E-state index < -0.39 is 0 Å². The zero-order valence-corrected chi connectivity index (χ0v) is 12.9. The van der Waals surface area contributed by atoms with Crippen molar-refractivity contribution in [2.24, 2.45) is 0 Å². The summed E-state index contributed by atoms with van der Waals surface area (Å²) >= 11 is 12.2. The highest BCUT2D eigenvalue weighted by atomic mass is 35.5. The average Bonchev–Trinajstić information content (AvgIpc) is 2.46. The van der Waals surface area contributed by atoms with Crippen LogP contribution in [0.1, 0.15) is 18.9 Å². The number of nitrogens with one attached hydrogen (secondary N) is 2. The maximum absolute atomic E-state index is 6.19. The summed E-state index contributed by atoms with van der Waals surface area (Å²) in [5.74, 6) is 1.57. The molecule has 0 amide bonds. The Hall–Kier alpha value is -1.52. The standard InChI is InChI=1S/C14H16Cl2N4/c1-3-5-9-13(17-2)18-8-19-14(9)20-11-7-4-6-10(15)12(11)16/h4,6-8H,3,5H2,1-2H3,(H2,17,18,19,20). The van der Waals surface area contributed by atoms with Crippen LogP contribution >= 0.6 is 23.2 Å². The molecule has 20 heavy (non-hydrogen) atoms. The van der Waals surface area contributed by atoms with Crippen LogP contribution in [0.2, 0.25) is 10.0 Å². The van der Waals surface area contributed by atoms with E-state index in [1.807, 2.05) is 19.2 Å². The summed E-state index contributed by atoms with van der Waals surface area (Å²) < 4.78 is 0. The number of rotatable bonds is 5. The van der Waals surface area contributed by atoms with Crippen molar-refractivity contribution in [3.05, 3.63) is 40.1 Å². The summed E-state index contributed by atoms with van der Waals surface area (Å²) in [6, 6.07) is 5.46. The molecule has 0 aliphatic heterocycles. The van der Waals surface area contributed by atoms with E-state index in [1.165, 1.54) is 6.33 Å². The summed E-state index contributed by atoms with van der Waals surface area (Å²) in [5.41, 5.74) is 1.77. The molecule has 0 atom stereocenters. The van der Waals surface area contributed by atoms with Crippen LogP contribution in [0.15, 0.2) is 24.5 Å². The first-order valence-corrected chi connectivity index (χ1v) is 7.15. The third kappa shape index (κ3) is 3.14. The van der Waals surface area contributed by atoms with E-state index in [0.29, 0.717) is 10.0 Å². The highest BCUT2D eigenvalue weighted by Gasteiger charge is 2.12. The Morgan fingerprint density at radius 2 is 1.90 bits per heavy atom. The summed E-state index contributed by atoms with van der Waals surface area (Å²) in [6.07, 6.45) is 3.39. The van der Waals surface area contributed by atoms with Gasteiger partial charge in [0.15, 0.2) is 0 Å². The van der Waals surface area contributed by atoms with Gasteiger partial charge in [-0.2, -0.15) is 0 Å². The number of nitrogens with zero attached hydrogens (tertiary/aromatic N) is 2. The number of anilines is 3. The second-order valence-corrected chi connectivity index (χ2v) is 5.06. The lowest BCUT2D eigenvalue weighted by atomic mass is 10.1. The third-order valence-corrected chi connectivity index (χ3v) is 3.71. The quantitative estimate of drug-likeness (QED) is 0.852. The van der Waals surface area contributed by atoms with Crippen molar-refractivity contribution in [3.8, 4) is 0 Å². The van der Waals surface area contributed by atoms with E-state index in [0.717, 1.165) is 35.7 Å². The first kappa shape index (κ1) is 14.9. The Balaban J connectivity index is 2.40. The van der Waals surface area contributed by atoms with E-state index in [9.17, 15) is 0 Å². The van der Waals surface area contributed by atoms with Crippen molar-refractivity contribution in [2.45, 2.75) is 19.8 Å². The lowest BCUT2D eigenvalue weighted by Gasteiger charge is -2.14. The Kier molecular flexibility index (Phi) is 5.04. The van der Waals surface area contributed by atoms with Crippen LogP contribution in [0.3, 0.4) is 0 Å². The zero-order valence-electron chi connectivity index (χ0n) is 11.4. The van der Waals surface area contributed by atoms with E-state index in [1.54, 1.807) is 6.07 Å². The molecule has 2 rings (SSSR count). The minimum absolute atomic E-state index is 0.487. The summed E-state index contributed by atoms with van der Waals surface area (Å²) in [5, 5.41) is 7.31.